The fourth-order valence-electron chi connectivity index (χ4n) is 0.479. The maximum atomic E-state index is 10.1. The van der Waals surface area contributed by atoms with Gasteiger partial charge in [-0.3, -0.25) is 5.73 Å². The van der Waals surface area contributed by atoms with E-state index in [2.05, 4.69) is 0 Å². The number of aliphatic carboxylic acids is 1. The van der Waals surface area contributed by atoms with Crippen molar-refractivity contribution in [1.29, 1.82) is 0 Å². The maximum Gasteiger partial charge on any atom is 0.350 e. The van der Waals surface area contributed by atoms with Gasteiger partial charge in [-0.05, 0) is 13.0 Å². The molecule has 0 radical (unpaired) electrons. The zero-order chi connectivity index (χ0) is 8.20. The molecular formula is C5H12N2O3. The summed E-state index contributed by atoms with van der Waals surface area (Å²) in [6.45, 7) is 0.326. The Balaban J connectivity index is 3.75. The fraction of sp³-hybridized carbons (Fsp3) is 0.800. The molecule has 0 saturated carbocycles. The van der Waals surface area contributed by atoms with Gasteiger partial charge in [-0.1, -0.05) is 0 Å². The highest BCUT2D eigenvalue weighted by Gasteiger charge is 2.29. The number of carboxylic acid groups (broad SMARTS) is 1. The van der Waals surface area contributed by atoms with E-state index in [0.717, 1.165) is 0 Å². The van der Waals surface area contributed by atoms with Gasteiger partial charge in [0.05, 0.1) is 0 Å². The number of hydrogen-bond donors (Lipinski definition) is 4. The Bertz CT molecular complexity index is 124. The minimum atomic E-state index is -2.11. The Kier molecular flexibility index (Phi) is 3.27. The van der Waals surface area contributed by atoms with Crippen LogP contribution in [0, 0.1) is 0 Å². The van der Waals surface area contributed by atoms with Gasteiger partial charge in [-0.2, -0.15) is 0 Å². The van der Waals surface area contributed by atoms with Gasteiger partial charge in [0.1, 0.15) is 0 Å². The molecule has 0 bridgehead atoms. The third-order valence-corrected chi connectivity index (χ3v) is 1.13. The van der Waals surface area contributed by atoms with Crippen LogP contribution in [-0.4, -0.2) is 28.5 Å². The Morgan fingerprint density at radius 2 is 2.10 bits per heavy atom. The second-order valence-corrected chi connectivity index (χ2v) is 2.12. The summed E-state index contributed by atoms with van der Waals surface area (Å²) in [4.78, 5) is 10.1. The van der Waals surface area contributed by atoms with E-state index in [9.17, 15) is 4.79 Å². The predicted octanol–water partition coefficient (Wildman–Crippen LogP) is -1.54. The van der Waals surface area contributed by atoms with Gasteiger partial charge in [0, 0.05) is 6.42 Å². The Morgan fingerprint density at radius 1 is 1.60 bits per heavy atom. The van der Waals surface area contributed by atoms with Crippen molar-refractivity contribution in [3.8, 4) is 0 Å². The van der Waals surface area contributed by atoms with Gasteiger partial charge in [-0.15, -0.1) is 0 Å². The highest BCUT2D eigenvalue weighted by molar-refractivity contribution is 5.75. The largest absolute Gasteiger partial charge is 0.478 e. The Morgan fingerprint density at radius 3 is 2.40 bits per heavy atom. The van der Waals surface area contributed by atoms with Crippen LogP contribution in [0.25, 0.3) is 0 Å². The molecule has 0 rings (SSSR count). The number of carbonyl (C=O) groups is 1. The molecule has 5 heteroatoms. The SMILES string of the molecule is NCCC[C@](N)(O)C(=O)O. The molecule has 60 valence electrons. The molecular weight excluding hydrogens is 136 g/mol. The van der Waals surface area contributed by atoms with E-state index in [-0.39, 0.29) is 6.42 Å². The molecule has 10 heavy (non-hydrogen) atoms. The van der Waals surface area contributed by atoms with Crippen molar-refractivity contribution in [1.82, 2.24) is 0 Å². The lowest BCUT2D eigenvalue weighted by Gasteiger charge is -2.16. The van der Waals surface area contributed by atoms with Crippen LogP contribution in [0.1, 0.15) is 12.8 Å². The smallest absolute Gasteiger partial charge is 0.350 e. The van der Waals surface area contributed by atoms with E-state index in [4.69, 9.17) is 21.7 Å². The van der Waals surface area contributed by atoms with Crippen molar-refractivity contribution in [3.63, 3.8) is 0 Å². The molecule has 6 N–H and O–H groups in total. The van der Waals surface area contributed by atoms with Crippen molar-refractivity contribution in [2.24, 2.45) is 11.5 Å². The molecule has 0 unspecified atom stereocenters. The second-order valence-electron chi connectivity index (χ2n) is 2.12. The molecule has 0 spiro atoms. The highest BCUT2D eigenvalue weighted by atomic mass is 16.4. The maximum absolute atomic E-state index is 10.1. The van der Waals surface area contributed by atoms with Gasteiger partial charge in [0.2, 0.25) is 5.72 Å². The number of rotatable bonds is 4. The number of hydrogen-bond acceptors (Lipinski definition) is 4. The van der Waals surface area contributed by atoms with E-state index in [0.29, 0.717) is 13.0 Å². The monoisotopic (exact) mass is 148 g/mol. The summed E-state index contributed by atoms with van der Waals surface area (Å²) in [7, 11) is 0. The van der Waals surface area contributed by atoms with Gasteiger partial charge in [-0.25, -0.2) is 4.79 Å². The lowest BCUT2D eigenvalue weighted by molar-refractivity contribution is -0.158. The first-order chi connectivity index (χ1) is 4.50. The zero-order valence-corrected chi connectivity index (χ0v) is 5.58. The first kappa shape index (κ1) is 9.35. The molecule has 0 aromatic carbocycles. The van der Waals surface area contributed by atoms with Crippen molar-refractivity contribution in [3.05, 3.63) is 0 Å². The summed E-state index contributed by atoms with van der Waals surface area (Å²) in [6, 6.07) is 0. The van der Waals surface area contributed by atoms with Gasteiger partial charge in [0.15, 0.2) is 0 Å². The number of carboxylic acids is 1. The number of aliphatic hydroxyl groups is 1. The molecule has 0 aliphatic heterocycles. The van der Waals surface area contributed by atoms with Crippen LogP contribution in [0.15, 0.2) is 0 Å². The normalized spacial score (nSPS) is 16.3. The second kappa shape index (κ2) is 3.50. The van der Waals surface area contributed by atoms with E-state index < -0.39 is 11.7 Å². The lowest BCUT2D eigenvalue weighted by atomic mass is 10.1. The van der Waals surface area contributed by atoms with Gasteiger partial charge >= 0.3 is 5.97 Å². The molecule has 0 amide bonds. The van der Waals surface area contributed by atoms with E-state index in [1.807, 2.05) is 0 Å². The van der Waals surface area contributed by atoms with E-state index in [1.54, 1.807) is 0 Å². The fourth-order valence-corrected chi connectivity index (χ4v) is 0.479. The molecule has 1 atom stereocenters. The summed E-state index contributed by atoms with van der Waals surface area (Å²) in [5.74, 6) is -1.42. The zero-order valence-electron chi connectivity index (χ0n) is 5.58. The minimum Gasteiger partial charge on any atom is -0.478 e. The average molecular weight is 148 g/mol. The molecule has 0 heterocycles. The van der Waals surface area contributed by atoms with Crippen LogP contribution in [0.4, 0.5) is 0 Å². The Labute approximate surface area is 58.6 Å². The average Bonchev–Trinajstić information content (AvgIpc) is 1.84. The van der Waals surface area contributed by atoms with Crippen molar-refractivity contribution < 1.29 is 15.0 Å². The third kappa shape index (κ3) is 2.77. The Hall–Kier alpha value is -0.650. The summed E-state index contributed by atoms with van der Waals surface area (Å²) in [6.07, 6.45) is 0.387. The number of nitrogens with two attached hydrogens (primary N) is 2. The van der Waals surface area contributed by atoms with Gasteiger partial charge in [0.25, 0.3) is 0 Å². The van der Waals surface area contributed by atoms with Crippen molar-refractivity contribution >= 4 is 5.97 Å². The third-order valence-electron chi connectivity index (χ3n) is 1.13. The minimum absolute atomic E-state index is 0.0150. The summed E-state index contributed by atoms with van der Waals surface area (Å²) >= 11 is 0. The highest BCUT2D eigenvalue weighted by Crippen LogP contribution is 2.03. The van der Waals surface area contributed by atoms with Crippen LogP contribution in [0.2, 0.25) is 0 Å². The topological polar surface area (TPSA) is 110 Å². The van der Waals surface area contributed by atoms with Crippen LogP contribution < -0.4 is 11.5 Å². The molecule has 0 aliphatic rings. The standard InChI is InChI=1S/C5H12N2O3/c6-3-1-2-5(7,10)4(8)9/h10H,1-3,6-7H2,(H,8,9)/t5-/m0/s1. The van der Waals surface area contributed by atoms with Gasteiger partial charge < -0.3 is 15.9 Å². The van der Waals surface area contributed by atoms with Crippen LogP contribution in [0.3, 0.4) is 0 Å². The lowest BCUT2D eigenvalue weighted by Crippen LogP contribution is -2.47. The van der Waals surface area contributed by atoms with Crippen LogP contribution in [-0.2, 0) is 4.79 Å². The predicted molar refractivity (Wildman–Crippen MR) is 35.1 cm³/mol. The molecule has 0 saturated heterocycles. The summed E-state index contributed by atoms with van der Waals surface area (Å²) in [5, 5.41) is 17.1. The quantitative estimate of drug-likeness (QED) is 0.361. The van der Waals surface area contributed by atoms with Crippen molar-refractivity contribution in [2.75, 3.05) is 6.54 Å². The summed E-state index contributed by atoms with van der Waals surface area (Å²) < 4.78 is 0. The molecule has 0 aromatic heterocycles. The van der Waals surface area contributed by atoms with E-state index >= 15 is 0 Å². The first-order valence-corrected chi connectivity index (χ1v) is 2.95. The van der Waals surface area contributed by atoms with Crippen LogP contribution >= 0.6 is 0 Å². The van der Waals surface area contributed by atoms with E-state index in [1.165, 1.54) is 0 Å². The van der Waals surface area contributed by atoms with Crippen LogP contribution in [0.5, 0.6) is 0 Å². The van der Waals surface area contributed by atoms with Crippen molar-refractivity contribution in [2.45, 2.75) is 18.6 Å². The molecule has 0 fully saturated rings. The molecule has 5 nitrogen and oxygen atoms in total. The summed E-state index contributed by atoms with van der Waals surface area (Å²) in [5.41, 5.74) is 7.91. The molecule has 0 aliphatic carbocycles. The molecule has 0 aromatic rings. The first-order valence-electron chi connectivity index (χ1n) is 2.95.